The lowest BCUT2D eigenvalue weighted by atomic mass is 9.59. The van der Waals surface area contributed by atoms with Crippen LogP contribution in [0.2, 0.25) is 0 Å². The van der Waals surface area contributed by atoms with Crippen LogP contribution in [0.25, 0.3) is 0 Å². The monoisotopic (exact) mass is 581 g/mol. The number of carboxylic acids is 2. The van der Waals surface area contributed by atoms with E-state index in [1.807, 2.05) is 0 Å². The summed E-state index contributed by atoms with van der Waals surface area (Å²) in [6.07, 6.45) is 26.8. The highest BCUT2D eigenvalue weighted by molar-refractivity contribution is 5.75. The first-order chi connectivity index (χ1) is 19.7. The molecule has 3 unspecified atom stereocenters. The Morgan fingerprint density at radius 3 is 1.27 bits per heavy atom. The Bertz CT molecular complexity index is 610. The van der Waals surface area contributed by atoms with Gasteiger partial charge in [-0.15, -0.1) is 0 Å². The Morgan fingerprint density at radius 1 is 0.561 bits per heavy atom. The topological polar surface area (TPSA) is 74.6 Å². The lowest BCUT2D eigenvalue weighted by Gasteiger charge is -2.44. The van der Waals surface area contributed by atoms with Gasteiger partial charge in [0.25, 0.3) is 0 Å². The number of carboxylic acid groups (broad SMARTS) is 2. The number of hydrogen-bond donors (Lipinski definition) is 2. The van der Waals surface area contributed by atoms with E-state index in [2.05, 4.69) is 41.5 Å². The minimum Gasteiger partial charge on any atom is -0.481 e. The van der Waals surface area contributed by atoms with Gasteiger partial charge in [-0.3, -0.25) is 9.59 Å². The Morgan fingerprint density at radius 2 is 0.951 bits per heavy atom. The van der Waals surface area contributed by atoms with Crippen LogP contribution in [-0.4, -0.2) is 22.2 Å². The molecule has 0 aromatic rings. The van der Waals surface area contributed by atoms with Gasteiger partial charge in [0.05, 0.1) is 5.41 Å². The van der Waals surface area contributed by atoms with Crippen molar-refractivity contribution in [1.82, 2.24) is 0 Å². The van der Waals surface area contributed by atoms with Gasteiger partial charge in [0.15, 0.2) is 0 Å². The molecule has 0 bridgehead atoms. The van der Waals surface area contributed by atoms with Gasteiger partial charge in [0.2, 0.25) is 0 Å². The van der Waals surface area contributed by atoms with Crippen LogP contribution in [0.15, 0.2) is 0 Å². The van der Waals surface area contributed by atoms with E-state index in [-0.39, 0.29) is 5.92 Å². The standard InChI is InChI=1S/C37H72O4/c1-7-11-25-32(9-3)29-37(36(40)41,30-33(10-4)26-12-8-2)34(31(5)6)27-23-21-19-17-15-13-14-16-18-20-22-24-28-35(38)39/h31-34H,7-30H2,1-6H3,(H,38,39)(H,40,41). The molecule has 0 saturated carbocycles. The minimum atomic E-state index is -0.675. The average Bonchev–Trinajstić information content (AvgIpc) is 2.94. The van der Waals surface area contributed by atoms with Crippen molar-refractivity contribution >= 4 is 11.9 Å². The van der Waals surface area contributed by atoms with Crippen molar-refractivity contribution in [2.24, 2.45) is 29.1 Å². The van der Waals surface area contributed by atoms with E-state index in [0.29, 0.717) is 24.2 Å². The van der Waals surface area contributed by atoms with Crippen LogP contribution in [0.4, 0.5) is 0 Å². The summed E-state index contributed by atoms with van der Waals surface area (Å²) in [6.45, 7) is 13.6. The zero-order chi connectivity index (χ0) is 30.9. The van der Waals surface area contributed by atoms with Crippen molar-refractivity contribution in [3.63, 3.8) is 0 Å². The molecular weight excluding hydrogens is 508 g/mol. The molecule has 0 amide bonds. The van der Waals surface area contributed by atoms with E-state index >= 15 is 0 Å². The van der Waals surface area contributed by atoms with Gasteiger partial charge in [0, 0.05) is 6.42 Å². The molecule has 0 spiro atoms. The summed E-state index contributed by atoms with van der Waals surface area (Å²) in [5.41, 5.74) is -0.593. The Labute approximate surface area is 256 Å². The van der Waals surface area contributed by atoms with Crippen molar-refractivity contribution in [2.45, 2.75) is 196 Å². The second-order valence-electron chi connectivity index (χ2n) is 13.7. The van der Waals surface area contributed by atoms with Gasteiger partial charge in [-0.2, -0.15) is 0 Å². The fourth-order valence-electron chi connectivity index (χ4n) is 7.29. The van der Waals surface area contributed by atoms with Gasteiger partial charge in [0.1, 0.15) is 0 Å². The Kier molecular flexibility index (Phi) is 24.8. The summed E-state index contributed by atoms with van der Waals surface area (Å²) >= 11 is 0. The third-order valence-electron chi connectivity index (χ3n) is 9.99. The lowest BCUT2D eigenvalue weighted by molar-refractivity contribution is -0.158. The summed E-state index contributed by atoms with van der Waals surface area (Å²) < 4.78 is 0. The maximum absolute atomic E-state index is 13.4. The minimum absolute atomic E-state index is 0.252. The molecule has 41 heavy (non-hydrogen) atoms. The Hall–Kier alpha value is -1.06. The third-order valence-corrected chi connectivity index (χ3v) is 9.99. The van der Waals surface area contributed by atoms with E-state index in [0.717, 1.165) is 57.8 Å². The van der Waals surface area contributed by atoms with Crippen molar-refractivity contribution in [3.8, 4) is 0 Å². The molecule has 0 rings (SSSR count). The second kappa shape index (κ2) is 25.4. The zero-order valence-electron chi connectivity index (χ0n) is 28.5. The average molecular weight is 581 g/mol. The number of carbonyl (C=O) groups is 2. The maximum atomic E-state index is 13.4. The first kappa shape index (κ1) is 39.9. The van der Waals surface area contributed by atoms with Crippen LogP contribution in [0, 0.1) is 29.1 Å². The summed E-state index contributed by atoms with van der Waals surface area (Å²) in [5, 5.41) is 19.7. The van der Waals surface area contributed by atoms with Gasteiger partial charge >= 0.3 is 11.9 Å². The van der Waals surface area contributed by atoms with Gasteiger partial charge in [-0.1, -0.05) is 164 Å². The fourth-order valence-corrected chi connectivity index (χ4v) is 7.29. The van der Waals surface area contributed by atoms with E-state index in [1.165, 1.54) is 89.9 Å². The van der Waals surface area contributed by atoms with E-state index in [1.54, 1.807) is 0 Å². The predicted octanol–water partition coefficient (Wildman–Crippen LogP) is 12.1. The quantitative estimate of drug-likeness (QED) is 0.0828. The summed E-state index contributed by atoms with van der Waals surface area (Å²) in [5.74, 6) is 0.486. The van der Waals surface area contributed by atoms with Crippen LogP contribution in [-0.2, 0) is 9.59 Å². The van der Waals surface area contributed by atoms with Crippen molar-refractivity contribution < 1.29 is 19.8 Å². The fraction of sp³-hybridized carbons (Fsp3) is 0.946. The predicted molar refractivity (Wildman–Crippen MR) is 177 cm³/mol. The van der Waals surface area contributed by atoms with Crippen LogP contribution in [0.1, 0.15) is 196 Å². The molecule has 0 aliphatic heterocycles. The smallest absolute Gasteiger partial charge is 0.309 e. The molecule has 2 N–H and O–H groups in total. The molecule has 4 nitrogen and oxygen atoms in total. The highest BCUT2D eigenvalue weighted by Gasteiger charge is 2.48. The molecule has 0 aliphatic rings. The van der Waals surface area contributed by atoms with Crippen LogP contribution < -0.4 is 0 Å². The van der Waals surface area contributed by atoms with E-state index in [4.69, 9.17) is 5.11 Å². The molecule has 3 atom stereocenters. The van der Waals surface area contributed by atoms with E-state index < -0.39 is 17.4 Å². The van der Waals surface area contributed by atoms with Crippen LogP contribution >= 0.6 is 0 Å². The summed E-state index contributed by atoms with van der Waals surface area (Å²) in [7, 11) is 0. The highest BCUT2D eigenvalue weighted by atomic mass is 16.4. The maximum Gasteiger partial charge on any atom is 0.309 e. The molecule has 0 radical (unpaired) electrons. The number of rotatable bonds is 30. The first-order valence-corrected chi connectivity index (χ1v) is 18.1. The van der Waals surface area contributed by atoms with Crippen LogP contribution in [0.5, 0.6) is 0 Å². The molecule has 4 heteroatoms. The van der Waals surface area contributed by atoms with Crippen molar-refractivity contribution in [2.75, 3.05) is 0 Å². The molecule has 0 aromatic carbocycles. The summed E-state index contributed by atoms with van der Waals surface area (Å²) in [6, 6.07) is 0. The number of hydrogen-bond acceptors (Lipinski definition) is 2. The number of aliphatic carboxylic acids is 2. The molecule has 0 fully saturated rings. The summed E-state index contributed by atoms with van der Waals surface area (Å²) in [4.78, 5) is 23.9. The van der Waals surface area contributed by atoms with Gasteiger partial charge in [-0.05, 0) is 49.4 Å². The van der Waals surface area contributed by atoms with Crippen molar-refractivity contribution in [3.05, 3.63) is 0 Å². The molecule has 0 aliphatic carbocycles. The second-order valence-corrected chi connectivity index (χ2v) is 13.7. The largest absolute Gasteiger partial charge is 0.481 e. The zero-order valence-corrected chi connectivity index (χ0v) is 28.5. The molecule has 244 valence electrons. The third kappa shape index (κ3) is 18.3. The Balaban J connectivity index is 4.97. The van der Waals surface area contributed by atoms with Gasteiger partial charge in [-0.25, -0.2) is 0 Å². The molecule has 0 aromatic heterocycles. The molecule has 0 heterocycles. The number of unbranched alkanes of at least 4 members (excludes halogenated alkanes) is 13. The molecular formula is C37H72O4. The molecule has 0 saturated heterocycles. The van der Waals surface area contributed by atoms with Crippen LogP contribution in [0.3, 0.4) is 0 Å². The van der Waals surface area contributed by atoms with Crippen molar-refractivity contribution in [1.29, 1.82) is 0 Å². The normalized spacial score (nSPS) is 15.5. The van der Waals surface area contributed by atoms with E-state index in [9.17, 15) is 14.7 Å². The first-order valence-electron chi connectivity index (χ1n) is 18.1. The van der Waals surface area contributed by atoms with Gasteiger partial charge < -0.3 is 10.2 Å². The highest BCUT2D eigenvalue weighted by Crippen LogP contribution is 2.49. The lowest BCUT2D eigenvalue weighted by Crippen LogP contribution is -2.44. The SMILES string of the molecule is CCCCC(CC)CC(CC(CC)CCCC)(C(=O)O)C(CCCCCCCCCCCCCCC(=O)O)C(C)C.